The zero-order valence-electron chi connectivity index (χ0n) is 10.6. The fourth-order valence-corrected chi connectivity index (χ4v) is 1.85. The summed E-state index contributed by atoms with van der Waals surface area (Å²) in [4.78, 5) is 25.4. The Kier molecular flexibility index (Phi) is 4.02. The number of rotatable bonds is 5. The molecule has 1 atom stereocenters. The Bertz CT molecular complexity index is 633. The Labute approximate surface area is 114 Å². The second-order valence-electron chi connectivity index (χ2n) is 3.99. The number of methoxy groups -OCH3 is 1. The Morgan fingerprint density at radius 3 is 3.05 bits per heavy atom. The van der Waals surface area contributed by atoms with Crippen molar-refractivity contribution in [1.29, 1.82) is 0 Å². The van der Waals surface area contributed by atoms with Crippen LogP contribution in [-0.4, -0.2) is 31.8 Å². The third-order valence-electron chi connectivity index (χ3n) is 2.81. The standard InChI is InChI=1S/C13H11N3O4/c1-19-9-2-3-12-8(4-9)5-10(13(7-17)20-12)11(18)6-15-16-14/h2-5,7,13H,6H2,1H3. The Morgan fingerprint density at radius 1 is 1.60 bits per heavy atom. The van der Waals surface area contributed by atoms with Gasteiger partial charge in [0, 0.05) is 16.0 Å². The largest absolute Gasteiger partial charge is 0.497 e. The van der Waals surface area contributed by atoms with Gasteiger partial charge >= 0.3 is 0 Å². The van der Waals surface area contributed by atoms with Crippen molar-refractivity contribution < 1.29 is 19.1 Å². The number of nitrogens with zero attached hydrogens (tertiary/aromatic N) is 3. The Morgan fingerprint density at radius 2 is 2.40 bits per heavy atom. The van der Waals surface area contributed by atoms with Crippen molar-refractivity contribution in [1.82, 2.24) is 0 Å². The van der Waals surface area contributed by atoms with Crippen LogP contribution in [0.25, 0.3) is 16.5 Å². The van der Waals surface area contributed by atoms with Gasteiger partial charge in [0.1, 0.15) is 11.5 Å². The van der Waals surface area contributed by atoms with Gasteiger partial charge in [0.2, 0.25) is 0 Å². The van der Waals surface area contributed by atoms with E-state index in [-0.39, 0.29) is 12.1 Å². The van der Waals surface area contributed by atoms with Crippen LogP contribution in [0.2, 0.25) is 0 Å². The van der Waals surface area contributed by atoms with Crippen LogP contribution in [0.1, 0.15) is 5.56 Å². The molecule has 1 heterocycles. The molecule has 0 saturated heterocycles. The van der Waals surface area contributed by atoms with E-state index in [1.54, 1.807) is 24.3 Å². The van der Waals surface area contributed by atoms with Crippen LogP contribution in [-0.2, 0) is 9.59 Å². The van der Waals surface area contributed by atoms with Crippen molar-refractivity contribution in [3.63, 3.8) is 0 Å². The van der Waals surface area contributed by atoms with Crippen LogP contribution in [0.3, 0.4) is 0 Å². The third-order valence-corrected chi connectivity index (χ3v) is 2.81. The predicted octanol–water partition coefficient (Wildman–Crippen LogP) is 1.92. The molecular formula is C13H11N3O4. The smallest absolute Gasteiger partial charge is 0.182 e. The minimum absolute atomic E-state index is 0.160. The number of hydrogen-bond acceptors (Lipinski definition) is 5. The number of hydrogen-bond donors (Lipinski definition) is 0. The van der Waals surface area contributed by atoms with Crippen molar-refractivity contribution in [3.05, 3.63) is 39.8 Å². The molecule has 0 amide bonds. The Hall–Kier alpha value is -2.79. The molecule has 20 heavy (non-hydrogen) atoms. The molecule has 2 rings (SSSR count). The lowest BCUT2D eigenvalue weighted by molar-refractivity contribution is -0.118. The molecule has 0 radical (unpaired) electrons. The topological polar surface area (TPSA) is 101 Å². The summed E-state index contributed by atoms with van der Waals surface area (Å²) in [6.07, 6.45) is 1.10. The molecule has 0 aliphatic carbocycles. The molecule has 0 fully saturated rings. The van der Waals surface area contributed by atoms with E-state index in [4.69, 9.17) is 15.0 Å². The first kappa shape index (κ1) is 13.6. The maximum Gasteiger partial charge on any atom is 0.182 e. The number of ether oxygens (including phenoxy) is 2. The number of ketones is 1. The summed E-state index contributed by atoms with van der Waals surface area (Å²) in [6.45, 7) is -0.352. The monoisotopic (exact) mass is 273 g/mol. The fraction of sp³-hybridized carbons (Fsp3) is 0.231. The second-order valence-corrected chi connectivity index (χ2v) is 3.99. The Balaban J connectivity index is 2.41. The van der Waals surface area contributed by atoms with Crippen LogP contribution in [0.4, 0.5) is 0 Å². The van der Waals surface area contributed by atoms with Crippen molar-refractivity contribution in [2.24, 2.45) is 5.11 Å². The van der Waals surface area contributed by atoms with E-state index in [9.17, 15) is 9.59 Å². The van der Waals surface area contributed by atoms with Crippen molar-refractivity contribution >= 4 is 18.1 Å². The third kappa shape index (κ3) is 2.62. The van der Waals surface area contributed by atoms with Gasteiger partial charge in [-0.15, -0.1) is 0 Å². The van der Waals surface area contributed by atoms with E-state index >= 15 is 0 Å². The van der Waals surface area contributed by atoms with Crippen LogP contribution < -0.4 is 9.47 Å². The molecule has 0 N–H and O–H groups in total. The van der Waals surface area contributed by atoms with E-state index in [1.807, 2.05) is 0 Å². The molecule has 0 bridgehead atoms. The number of fused-ring (bicyclic) bond motifs is 1. The zero-order valence-corrected chi connectivity index (χ0v) is 10.6. The van der Waals surface area contributed by atoms with Crippen molar-refractivity contribution in [2.45, 2.75) is 6.10 Å². The first-order chi connectivity index (χ1) is 9.69. The molecule has 1 aromatic carbocycles. The van der Waals surface area contributed by atoms with Crippen molar-refractivity contribution in [2.75, 3.05) is 13.7 Å². The average molecular weight is 273 g/mol. The molecule has 0 spiro atoms. The molecule has 0 saturated carbocycles. The van der Waals surface area contributed by atoms with Crippen LogP contribution >= 0.6 is 0 Å². The minimum atomic E-state index is -0.989. The summed E-state index contributed by atoms with van der Waals surface area (Å²) in [5.41, 5.74) is 9.02. The lowest BCUT2D eigenvalue weighted by atomic mass is 9.98. The van der Waals surface area contributed by atoms with Gasteiger partial charge in [-0.3, -0.25) is 9.59 Å². The minimum Gasteiger partial charge on any atom is -0.497 e. The average Bonchev–Trinajstić information content (AvgIpc) is 2.50. The second kappa shape index (κ2) is 5.90. The van der Waals surface area contributed by atoms with Gasteiger partial charge in [0.25, 0.3) is 0 Å². The highest BCUT2D eigenvalue weighted by Gasteiger charge is 2.26. The van der Waals surface area contributed by atoms with E-state index < -0.39 is 11.9 Å². The van der Waals surface area contributed by atoms with E-state index in [0.717, 1.165) is 0 Å². The molecule has 1 aliphatic heterocycles. The normalized spacial score (nSPS) is 16.1. The maximum atomic E-state index is 11.9. The molecule has 7 nitrogen and oxygen atoms in total. The van der Waals surface area contributed by atoms with Crippen molar-refractivity contribution in [3.8, 4) is 11.5 Å². The number of aldehydes is 1. The predicted molar refractivity (Wildman–Crippen MR) is 70.5 cm³/mol. The summed E-state index contributed by atoms with van der Waals surface area (Å²) < 4.78 is 10.5. The summed E-state index contributed by atoms with van der Waals surface area (Å²) in [5, 5.41) is 3.20. The fourth-order valence-electron chi connectivity index (χ4n) is 1.85. The van der Waals surface area contributed by atoms with Gasteiger partial charge < -0.3 is 9.47 Å². The van der Waals surface area contributed by atoms with Gasteiger partial charge in [-0.1, -0.05) is 5.11 Å². The lowest BCUT2D eigenvalue weighted by Crippen LogP contribution is -2.29. The van der Waals surface area contributed by atoms with Crippen LogP contribution in [0.15, 0.2) is 28.9 Å². The molecular weight excluding hydrogens is 262 g/mol. The molecule has 102 valence electrons. The van der Waals surface area contributed by atoms with Gasteiger partial charge in [-0.25, -0.2) is 0 Å². The van der Waals surface area contributed by atoms with E-state index in [0.29, 0.717) is 23.3 Å². The first-order valence-electron chi connectivity index (χ1n) is 5.75. The number of benzene rings is 1. The number of Topliss-reactive ketones (excluding diaryl/α,β-unsaturated/α-hetero) is 1. The molecule has 0 aromatic heterocycles. The lowest BCUT2D eigenvalue weighted by Gasteiger charge is -2.22. The number of azide groups is 1. The summed E-state index contributed by atoms with van der Waals surface area (Å²) in [6, 6.07) is 5.05. The highest BCUT2D eigenvalue weighted by molar-refractivity contribution is 6.05. The van der Waals surface area contributed by atoms with Gasteiger partial charge in [-0.05, 0) is 29.8 Å². The van der Waals surface area contributed by atoms with Crippen LogP contribution in [0.5, 0.6) is 11.5 Å². The van der Waals surface area contributed by atoms with E-state index in [2.05, 4.69) is 10.0 Å². The SMILES string of the molecule is COc1ccc2c(c1)C=C(C(=O)CN=[N+]=[N-])C(C=O)O2. The quantitative estimate of drug-likeness (QED) is 0.354. The zero-order chi connectivity index (χ0) is 14.5. The summed E-state index contributed by atoms with van der Waals surface area (Å²) in [5.74, 6) is 0.645. The molecule has 1 unspecified atom stereocenters. The first-order valence-corrected chi connectivity index (χ1v) is 5.75. The summed E-state index contributed by atoms with van der Waals surface area (Å²) in [7, 11) is 1.52. The molecule has 1 aromatic rings. The maximum absolute atomic E-state index is 11.9. The molecule has 1 aliphatic rings. The van der Waals surface area contributed by atoms with Gasteiger partial charge in [0.15, 0.2) is 18.2 Å². The number of carbonyl (C=O) groups is 2. The number of carbonyl (C=O) groups excluding carboxylic acids is 2. The van der Waals surface area contributed by atoms with Gasteiger partial charge in [0.05, 0.1) is 13.7 Å². The highest BCUT2D eigenvalue weighted by atomic mass is 16.5. The molecule has 7 heteroatoms. The highest BCUT2D eigenvalue weighted by Crippen LogP contribution is 2.32. The van der Waals surface area contributed by atoms with Crippen LogP contribution in [0, 0.1) is 0 Å². The summed E-state index contributed by atoms with van der Waals surface area (Å²) >= 11 is 0. The van der Waals surface area contributed by atoms with Gasteiger partial charge in [-0.2, -0.15) is 0 Å². The van der Waals surface area contributed by atoms with E-state index in [1.165, 1.54) is 7.11 Å².